The van der Waals surface area contributed by atoms with Crippen molar-refractivity contribution in [2.75, 3.05) is 31.1 Å². The van der Waals surface area contributed by atoms with E-state index >= 15 is 0 Å². The molecule has 0 spiro atoms. The summed E-state index contributed by atoms with van der Waals surface area (Å²) in [6.07, 6.45) is 3.45. The lowest BCUT2D eigenvalue weighted by molar-refractivity contribution is 0.589. The van der Waals surface area contributed by atoms with Gasteiger partial charge in [0.2, 0.25) is 0 Å². The summed E-state index contributed by atoms with van der Waals surface area (Å²) in [5.74, 6) is 0. The van der Waals surface area contributed by atoms with Gasteiger partial charge in [-0.05, 0) is 23.4 Å². The fourth-order valence-electron chi connectivity index (χ4n) is 2.28. The third-order valence-corrected chi connectivity index (χ3v) is 3.39. The highest BCUT2D eigenvalue weighted by molar-refractivity contribution is 5.72. The maximum Gasteiger partial charge on any atom is 0.114 e. The van der Waals surface area contributed by atoms with E-state index in [0.29, 0.717) is 0 Å². The largest absolute Gasteiger partial charge is 0.369 e. The Morgan fingerprint density at radius 2 is 1.81 bits per heavy atom. The Morgan fingerprint density at radius 1 is 1.00 bits per heavy atom. The monoisotopic (exact) mass is 282 g/mol. The van der Waals surface area contributed by atoms with Crippen molar-refractivity contribution in [2.45, 2.75) is 0 Å². The minimum Gasteiger partial charge on any atom is -0.369 e. The summed E-state index contributed by atoms with van der Waals surface area (Å²) in [7, 11) is 0. The van der Waals surface area contributed by atoms with E-state index < -0.39 is 0 Å². The van der Waals surface area contributed by atoms with Gasteiger partial charge in [0.15, 0.2) is 0 Å². The van der Waals surface area contributed by atoms with Gasteiger partial charge in [-0.1, -0.05) is 18.2 Å². The van der Waals surface area contributed by atoms with Gasteiger partial charge >= 0.3 is 0 Å². The molecule has 0 atom stereocenters. The lowest BCUT2D eigenvalue weighted by atomic mass is 10.2. The number of anilines is 1. The van der Waals surface area contributed by atoms with Gasteiger partial charge in [-0.3, -0.25) is 0 Å². The number of nitrogens with one attached hydrogen (secondary N) is 2. The van der Waals surface area contributed by atoms with Crippen molar-refractivity contribution in [3.63, 3.8) is 0 Å². The number of H-pyrrole nitrogens is 1. The standard InChI is InChI=1S/C10H14N2.C5H4N4/c1-2-4-10(5-3-1)12-8-6-11-7-9-12;1-2-6-5-3-7-9-8-4(1)5/h1-5,11H,6-9H2;1-3,6H. The van der Waals surface area contributed by atoms with E-state index in [-0.39, 0.29) is 0 Å². The highest BCUT2D eigenvalue weighted by Gasteiger charge is 2.08. The molecule has 4 rings (SSSR count). The molecule has 1 aliphatic rings. The van der Waals surface area contributed by atoms with Crippen LogP contribution in [0.25, 0.3) is 11.0 Å². The third kappa shape index (κ3) is 3.55. The normalized spacial score (nSPS) is 14.6. The number of fused-ring (bicyclic) bond motifs is 1. The lowest BCUT2D eigenvalue weighted by Crippen LogP contribution is -2.43. The molecule has 1 saturated heterocycles. The molecular formula is C15H18N6. The maximum absolute atomic E-state index is 3.75. The predicted octanol–water partition coefficient (Wildman–Crippen LogP) is 1.45. The van der Waals surface area contributed by atoms with Gasteiger partial charge in [0.25, 0.3) is 0 Å². The summed E-state index contributed by atoms with van der Waals surface area (Å²) in [6, 6.07) is 12.4. The smallest absolute Gasteiger partial charge is 0.114 e. The summed E-state index contributed by atoms with van der Waals surface area (Å²) in [6.45, 7) is 4.47. The summed E-state index contributed by atoms with van der Waals surface area (Å²) in [4.78, 5) is 5.37. The van der Waals surface area contributed by atoms with Crippen LogP contribution in [0.1, 0.15) is 0 Å². The average molecular weight is 282 g/mol. The van der Waals surface area contributed by atoms with Gasteiger partial charge in [0, 0.05) is 38.1 Å². The first kappa shape index (κ1) is 13.5. The van der Waals surface area contributed by atoms with Gasteiger partial charge in [-0.25, -0.2) is 0 Å². The maximum atomic E-state index is 3.75. The first-order chi connectivity index (χ1) is 10.4. The number of benzene rings is 1. The molecule has 0 aliphatic carbocycles. The summed E-state index contributed by atoms with van der Waals surface area (Å²) >= 11 is 0. The number of hydrogen-bond acceptors (Lipinski definition) is 5. The van der Waals surface area contributed by atoms with E-state index in [2.05, 4.69) is 60.9 Å². The number of piperazine rings is 1. The molecular weight excluding hydrogens is 264 g/mol. The number of rotatable bonds is 1. The second-order valence-electron chi connectivity index (χ2n) is 4.78. The summed E-state index contributed by atoms with van der Waals surface area (Å²) in [5.41, 5.74) is 3.12. The molecule has 3 aromatic rings. The molecule has 0 unspecified atom stereocenters. The molecule has 6 heteroatoms. The van der Waals surface area contributed by atoms with Crippen LogP contribution in [-0.2, 0) is 0 Å². The third-order valence-electron chi connectivity index (χ3n) is 3.39. The van der Waals surface area contributed by atoms with Gasteiger partial charge in [-0.15, -0.1) is 10.2 Å². The van der Waals surface area contributed by atoms with Crippen LogP contribution in [0.15, 0.2) is 48.8 Å². The Bertz CT molecular complexity index is 630. The minimum atomic E-state index is 0.852. The van der Waals surface area contributed by atoms with Crippen LogP contribution in [0.4, 0.5) is 5.69 Å². The predicted molar refractivity (Wildman–Crippen MR) is 83.2 cm³/mol. The van der Waals surface area contributed by atoms with Crippen molar-refractivity contribution in [3.05, 3.63) is 48.8 Å². The molecule has 0 bridgehead atoms. The zero-order chi connectivity index (χ0) is 14.3. The SMILES string of the molecule is c1cc2nnncc2[nH]1.c1ccc(N2CCNCC2)cc1. The highest BCUT2D eigenvalue weighted by atomic mass is 15.3. The van der Waals surface area contributed by atoms with Crippen LogP contribution < -0.4 is 10.2 Å². The molecule has 1 fully saturated rings. The lowest BCUT2D eigenvalue weighted by Gasteiger charge is -2.29. The van der Waals surface area contributed by atoms with E-state index in [0.717, 1.165) is 37.2 Å². The number of hydrogen-bond donors (Lipinski definition) is 2. The van der Waals surface area contributed by atoms with Crippen LogP contribution in [0.2, 0.25) is 0 Å². The summed E-state index contributed by atoms with van der Waals surface area (Å²) in [5, 5.41) is 14.1. The van der Waals surface area contributed by atoms with Crippen LogP contribution in [0.5, 0.6) is 0 Å². The Morgan fingerprint density at radius 3 is 2.57 bits per heavy atom. The molecule has 108 valence electrons. The van der Waals surface area contributed by atoms with Gasteiger partial charge < -0.3 is 15.2 Å². The number of nitrogens with zero attached hydrogens (tertiary/aromatic N) is 4. The van der Waals surface area contributed by atoms with Crippen LogP contribution in [0.3, 0.4) is 0 Å². The van der Waals surface area contributed by atoms with Gasteiger partial charge in [0.1, 0.15) is 5.52 Å². The van der Waals surface area contributed by atoms with Crippen molar-refractivity contribution in [1.29, 1.82) is 0 Å². The molecule has 1 aliphatic heterocycles. The first-order valence-electron chi connectivity index (χ1n) is 7.06. The fraction of sp³-hybridized carbons (Fsp3) is 0.267. The van der Waals surface area contributed by atoms with Gasteiger partial charge in [0.05, 0.1) is 11.7 Å². The topological polar surface area (TPSA) is 69.7 Å². The van der Waals surface area contributed by atoms with Crippen molar-refractivity contribution < 1.29 is 0 Å². The molecule has 0 radical (unpaired) electrons. The first-order valence-corrected chi connectivity index (χ1v) is 7.06. The van der Waals surface area contributed by atoms with E-state index in [1.807, 2.05) is 6.07 Å². The van der Waals surface area contributed by atoms with Crippen molar-refractivity contribution in [3.8, 4) is 0 Å². The van der Waals surface area contributed by atoms with E-state index in [1.54, 1.807) is 12.4 Å². The number of aromatic amines is 1. The molecule has 2 aromatic heterocycles. The molecule has 2 N–H and O–H groups in total. The summed E-state index contributed by atoms with van der Waals surface area (Å²) < 4.78 is 0. The van der Waals surface area contributed by atoms with Crippen LogP contribution in [0, 0.1) is 0 Å². The van der Waals surface area contributed by atoms with Crippen molar-refractivity contribution in [2.24, 2.45) is 0 Å². The zero-order valence-electron chi connectivity index (χ0n) is 11.7. The molecule has 0 amide bonds. The molecule has 1 aromatic carbocycles. The second kappa shape index (κ2) is 6.81. The van der Waals surface area contributed by atoms with E-state index in [1.165, 1.54) is 5.69 Å². The van der Waals surface area contributed by atoms with Crippen LogP contribution >= 0.6 is 0 Å². The molecule has 21 heavy (non-hydrogen) atoms. The minimum absolute atomic E-state index is 0.852. The Labute approximate surface area is 123 Å². The quantitative estimate of drug-likeness (QED) is 0.707. The van der Waals surface area contributed by atoms with Gasteiger partial charge in [-0.2, -0.15) is 0 Å². The number of para-hydroxylation sites is 1. The Balaban J connectivity index is 0.000000131. The average Bonchev–Trinajstić information content (AvgIpc) is 3.06. The van der Waals surface area contributed by atoms with E-state index in [9.17, 15) is 0 Å². The molecule has 3 heterocycles. The molecule has 6 nitrogen and oxygen atoms in total. The van der Waals surface area contributed by atoms with Crippen molar-refractivity contribution in [1.82, 2.24) is 25.7 Å². The van der Waals surface area contributed by atoms with Crippen LogP contribution in [-0.4, -0.2) is 46.6 Å². The number of aromatic nitrogens is 4. The molecule has 0 saturated carbocycles. The van der Waals surface area contributed by atoms with Crippen molar-refractivity contribution >= 4 is 16.7 Å². The fourth-order valence-corrected chi connectivity index (χ4v) is 2.28. The second-order valence-corrected chi connectivity index (χ2v) is 4.78. The zero-order valence-corrected chi connectivity index (χ0v) is 11.7. The Hall–Kier alpha value is -2.47. The Kier molecular flexibility index (Phi) is 4.38. The van der Waals surface area contributed by atoms with E-state index in [4.69, 9.17) is 0 Å². The highest BCUT2D eigenvalue weighted by Crippen LogP contribution is 2.12.